The van der Waals surface area contributed by atoms with Crippen molar-refractivity contribution >= 4 is 41.0 Å². The van der Waals surface area contributed by atoms with Gasteiger partial charge in [-0.05, 0) is 65.8 Å². The van der Waals surface area contributed by atoms with E-state index in [1.807, 2.05) is 0 Å². The number of methoxy groups -OCH3 is 1. The lowest BCUT2D eigenvalue weighted by molar-refractivity contribution is -0.113. The van der Waals surface area contributed by atoms with Gasteiger partial charge in [-0.3, -0.25) is 4.79 Å². The number of hydrogen-bond acceptors (Lipinski definition) is 5. The van der Waals surface area contributed by atoms with Gasteiger partial charge in [0, 0.05) is 0 Å². The van der Waals surface area contributed by atoms with Crippen LogP contribution >= 0.6 is 12.2 Å². The van der Waals surface area contributed by atoms with Crippen LogP contribution in [-0.2, 0) is 16.1 Å². The van der Waals surface area contributed by atoms with Crippen molar-refractivity contribution in [2.45, 2.75) is 6.61 Å². The largest absolute Gasteiger partial charge is 0.489 e. The van der Waals surface area contributed by atoms with Crippen molar-refractivity contribution < 1.29 is 23.5 Å². The number of para-hydroxylation sites is 1. The zero-order valence-corrected chi connectivity index (χ0v) is 18.4. The molecule has 0 bridgehead atoms. The van der Waals surface area contributed by atoms with Crippen molar-refractivity contribution in [3.05, 3.63) is 101 Å². The normalized spacial score (nSPS) is 14.4. The van der Waals surface area contributed by atoms with E-state index in [2.05, 4.69) is 10.1 Å². The Morgan fingerprint density at radius 3 is 2.42 bits per heavy atom. The standard InChI is InChI=1S/C25H19FN2O4S/c1-31-24(30)18-10-6-17(7-11-18)15-32-19-12-8-16(9-13-19)14-21-23(29)28(25(33)27-21)22-5-3-2-4-20(22)26/h2-14H,15H2,1H3,(H,27,33)/b21-14-. The first kappa shape index (κ1) is 22.2. The van der Waals surface area contributed by atoms with E-state index in [-0.39, 0.29) is 22.5 Å². The zero-order valence-electron chi connectivity index (χ0n) is 17.6. The third-order valence-corrected chi connectivity index (χ3v) is 5.23. The van der Waals surface area contributed by atoms with E-state index in [1.165, 1.54) is 19.2 Å². The minimum Gasteiger partial charge on any atom is -0.489 e. The molecular weight excluding hydrogens is 443 g/mol. The second kappa shape index (κ2) is 9.62. The number of benzene rings is 3. The van der Waals surface area contributed by atoms with Gasteiger partial charge in [0.1, 0.15) is 23.9 Å². The molecule has 3 aromatic carbocycles. The molecule has 1 N–H and O–H groups in total. The van der Waals surface area contributed by atoms with Crippen LogP contribution in [0.2, 0.25) is 0 Å². The van der Waals surface area contributed by atoms with Gasteiger partial charge in [-0.15, -0.1) is 0 Å². The molecule has 0 saturated carbocycles. The Morgan fingerprint density at radius 1 is 1.06 bits per heavy atom. The summed E-state index contributed by atoms with van der Waals surface area (Å²) in [5.74, 6) is -0.706. The van der Waals surface area contributed by atoms with Gasteiger partial charge < -0.3 is 14.8 Å². The lowest BCUT2D eigenvalue weighted by Gasteiger charge is -2.14. The molecular formula is C25H19FN2O4S. The third-order valence-electron chi connectivity index (χ3n) is 4.94. The molecule has 3 aromatic rings. The number of halogens is 1. The van der Waals surface area contributed by atoms with Gasteiger partial charge in [-0.25, -0.2) is 14.1 Å². The van der Waals surface area contributed by atoms with Crippen molar-refractivity contribution in [1.82, 2.24) is 5.32 Å². The van der Waals surface area contributed by atoms with Crippen LogP contribution in [0.3, 0.4) is 0 Å². The van der Waals surface area contributed by atoms with Gasteiger partial charge in [0.2, 0.25) is 0 Å². The number of esters is 1. The van der Waals surface area contributed by atoms with Gasteiger partial charge >= 0.3 is 5.97 Å². The van der Waals surface area contributed by atoms with Gasteiger partial charge in [0.15, 0.2) is 5.11 Å². The highest BCUT2D eigenvalue weighted by atomic mass is 32.1. The topological polar surface area (TPSA) is 67.9 Å². The summed E-state index contributed by atoms with van der Waals surface area (Å²) in [4.78, 5) is 25.4. The predicted molar refractivity (Wildman–Crippen MR) is 126 cm³/mol. The van der Waals surface area contributed by atoms with Crippen molar-refractivity contribution in [3.8, 4) is 5.75 Å². The molecule has 6 nitrogen and oxygen atoms in total. The minimum absolute atomic E-state index is 0.103. The van der Waals surface area contributed by atoms with Crippen molar-refractivity contribution in [2.75, 3.05) is 12.0 Å². The molecule has 8 heteroatoms. The summed E-state index contributed by atoms with van der Waals surface area (Å²) < 4.78 is 24.6. The van der Waals surface area contributed by atoms with Crippen molar-refractivity contribution in [2.24, 2.45) is 0 Å². The monoisotopic (exact) mass is 462 g/mol. The molecule has 0 spiro atoms. The third kappa shape index (κ3) is 4.91. The second-order valence-corrected chi connectivity index (χ2v) is 7.51. The Morgan fingerprint density at radius 2 is 1.76 bits per heavy atom. The fourth-order valence-electron chi connectivity index (χ4n) is 3.24. The maximum absolute atomic E-state index is 14.1. The predicted octanol–water partition coefficient (Wildman–Crippen LogP) is 4.45. The number of hydrogen-bond donors (Lipinski definition) is 1. The quantitative estimate of drug-likeness (QED) is 0.332. The van der Waals surface area contributed by atoms with Crippen LogP contribution in [-0.4, -0.2) is 24.1 Å². The summed E-state index contributed by atoms with van der Waals surface area (Å²) in [6, 6.07) is 20.1. The average Bonchev–Trinajstić information content (AvgIpc) is 3.11. The Kier molecular flexibility index (Phi) is 6.46. The number of ether oxygens (including phenoxy) is 2. The van der Waals surface area contributed by atoms with Crippen LogP contribution in [0.1, 0.15) is 21.5 Å². The lowest BCUT2D eigenvalue weighted by Crippen LogP contribution is -2.31. The lowest BCUT2D eigenvalue weighted by atomic mass is 10.1. The minimum atomic E-state index is -0.530. The maximum Gasteiger partial charge on any atom is 0.337 e. The molecule has 166 valence electrons. The highest BCUT2D eigenvalue weighted by molar-refractivity contribution is 7.80. The number of thiocarbonyl (C=S) groups is 1. The fourth-order valence-corrected chi connectivity index (χ4v) is 3.53. The fraction of sp³-hybridized carbons (Fsp3) is 0.0800. The smallest absolute Gasteiger partial charge is 0.337 e. The first-order valence-electron chi connectivity index (χ1n) is 9.98. The molecule has 1 saturated heterocycles. The molecule has 1 fully saturated rings. The Hall–Kier alpha value is -4.04. The molecule has 1 aliphatic heterocycles. The van der Waals surface area contributed by atoms with E-state index in [0.717, 1.165) is 16.0 Å². The van der Waals surface area contributed by atoms with Crippen LogP contribution in [0, 0.1) is 5.82 Å². The van der Waals surface area contributed by atoms with Gasteiger partial charge in [0.05, 0.1) is 18.4 Å². The molecule has 1 aliphatic rings. The van der Waals surface area contributed by atoms with Gasteiger partial charge in [-0.1, -0.05) is 36.4 Å². The summed E-state index contributed by atoms with van der Waals surface area (Å²) in [6.07, 6.45) is 1.64. The van der Waals surface area contributed by atoms with E-state index < -0.39 is 11.7 Å². The summed E-state index contributed by atoms with van der Waals surface area (Å²) >= 11 is 5.22. The molecule has 0 unspecified atom stereocenters. The highest BCUT2D eigenvalue weighted by Crippen LogP contribution is 2.25. The van der Waals surface area contributed by atoms with Crippen LogP contribution in [0.5, 0.6) is 5.75 Å². The number of rotatable bonds is 6. The average molecular weight is 463 g/mol. The number of nitrogens with zero attached hydrogens (tertiary/aromatic N) is 1. The van der Waals surface area contributed by atoms with Crippen molar-refractivity contribution in [3.63, 3.8) is 0 Å². The Labute approximate surface area is 195 Å². The SMILES string of the molecule is COC(=O)c1ccc(COc2ccc(/C=C3\NC(=S)N(c4ccccc4F)C3=O)cc2)cc1. The zero-order chi connectivity index (χ0) is 23.4. The van der Waals surface area contributed by atoms with Crippen LogP contribution in [0.4, 0.5) is 10.1 Å². The number of anilines is 1. The molecule has 1 heterocycles. The summed E-state index contributed by atoms with van der Waals surface area (Å²) in [5.41, 5.74) is 2.48. The molecule has 4 rings (SSSR count). The van der Waals surface area contributed by atoms with E-state index in [4.69, 9.17) is 17.0 Å². The van der Waals surface area contributed by atoms with E-state index in [1.54, 1.807) is 66.7 Å². The summed E-state index contributed by atoms with van der Waals surface area (Å²) in [5, 5.41) is 2.96. The molecule has 1 amide bonds. The number of amides is 1. The molecule has 0 aromatic heterocycles. The van der Waals surface area contributed by atoms with Crippen LogP contribution in [0.25, 0.3) is 6.08 Å². The van der Waals surface area contributed by atoms with Crippen LogP contribution < -0.4 is 15.0 Å². The Bertz CT molecular complexity index is 1240. The summed E-state index contributed by atoms with van der Waals surface area (Å²) in [6.45, 7) is 0.327. The first-order valence-corrected chi connectivity index (χ1v) is 10.4. The maximum atomic E-state index is 14.1. The van der Waals surface area contributed by atoms with Gasteiger partial charge in [-0.2, -0.15) is 0 Å². The summed E-state index contributed by atoms with van der Waals surface area (Å²) in [7, 11) is 1.34. The number of carbonyl (C=O) groups is 2. The molecule has 0 atom stereocenters. The molecule has 0 aliphatic carbocycles. The van der Waals surface area contributed by atoms with E-state index in [9.17, 15) is 14.0 Å². The molecule has 0 radical (unpaired) electrons. The Balaban J connectivity index is 1.41. The van der Waals surface area contributed by atoms with E-state index in [0.29, 0.717) is 17.9 Å². The van der Waals surface area contributed by atoms with E-state index >= 15 is 0 Å². The van der Waals surface area contributed by atoms with Crippen molar-refractivity contribution in [1.29, 1.82) is 0 Å². The van der Waals surface area contributed by atoms with Gasteiger partial charge in [0.25, 0.3) is 5.91 Å². The molecule has 33 heavy (non-hydrogen) atoms. The number of carbonyl (C=O) groups excluding carboxylic acids is 2. The number of nitrogens with one attached hydrogen (secondary N) is 1. The highest BCUT2D eigenvalue weighted by Gasteiger charge is 2.33. The first-order chi connectivity index (χ1) is 16.0. The van der Waals surface area contributed by atoms with Crippen LogP contribution in [0.15, 0.2) is 78.5 Å². The second-order valence-electron chi connectivity index (χ2n) is 7.13.